The van der Waals surface area contributed by atoms with Gasteiger partial charge >= 0.3 is 6.18 Å². The number of benzene rings is 2. The summed E-state index contributed by atoms with van der Waals surface area (Å²) in [7, 11) is 0. The van der Waals surface area contributed by atoms with Gasteiger partial charge in [0.15, 0.2) is 0 Å². The van der Waals surface area contributed by atoms with Crippen molar-refractivity contribution in [2.75, 3.05) is 5.75 Å². The Labute approximate surface area is 172 Å². The van der Waals surface area contributed by atoms with Crippen LogP contribution in [-0.4, -0.2) is 15.8 Å². The Morgan fingerprint density at radius 1 is 1.00 bits per heavy atom. The first kappa shape index (κ1) is 20.7. The maximum absolute atomic E-state index is 13.0. The molecule has 0 radical (unpaired) electrons. The van der Waals surface area contributed by atoms with Crippen LogP contribution in [0.25, 0.3) is 10.9 Å². The van der Waals surface area contributed by atoms with Crippen LogP contribution in [0.1, 0.15) is 18.2 Å². The molecule has 1 heterocycles. The van der Waals surface area contributed by atoms with E-state index in [0.29, 0.717) is 21.1 Å². The van der Waals surface area contributed by atoms with Gasteiger partial charge in [-0.15, -0.1) is 11.8 Å². The molecule has 0 aliphatic carbocycles. The van der Waals surface area contributed by atoms with E-state index in [-0.39, 0.29) is 16.3 Å². The van der Waals surface area contributed by atoms with Gasteiger partial charge in [-0.2, -0.15) is 13.2 Å². The highest BCUT2D eigenvalue weighted by Gasteiger charge is 2.34. The van der Waals surface area contributed by atoms with E-state index < -0.39 is 17.3 Å². The molecule has 0 aliphatic heterocycles. The Balaban J connectivity index is 1.87. The number of rotatable bonds is 4. The second-order valence-corrected chi connectivity index (χ2v) is 8.51. The zero-order valence-electron chi connectivity index (χ0n) is 13.8. The average Bonchev–Trinajstić information content (AvgIpc) is 2.98. The number of halogens is 6. The minimum Gasteiger partial charge on any atom is -0.383 e. The summed E-state index contributed by atoms with van der Waals surface area (Å²) in [6.07, 6.45) is -4.55. The standard InChI is InChI=1S/C18H13Cl3F3NOS/c1-17(26,8-27-10-2-3-12(19)14(21)6-10)16-5-9-4-13(20)11(18(22,23)24)7-15(9)25-16/h2-7,25-26H,8H2,1H3. The predicted molar refractivity (Wildman–Crippen MR) is 105 cm³/mol. The van der Waals surface area contributed by atoms with Crippen molar-refractivity contribution in [3.8, 4) is 0 Å². The van der Waals surface area contributed by atoms with Crippen molar-refractivity contribution in [3.05, 3.63) is 62.7 Å². The number of aliphatic hydroxyl groups is 1. The molecule has 0 aliphatic rings. The summed E-state index contributed by atoms with van der Waals surface area (Å²) in [6.45, 7) is 1.58. The first-order valence-electron chi connectivity index (χ1n) is 7.67. The average molecular weight is 455 g/mol. The van der Waals surface area contributed by atoms with Crippen LogP contribution < -0.4 is 0 Å². The van der Waals surface area contributed by atoms with E-state index in [1.807, 2.05) is 0 Å². The van der Waals surface area contributed by atoms with Crippen molar-refractivity contribution < 1.29 is 18.3 Å². The third-order valence-electron chi connectivity index (χ3n) is 4.00. The van der Waals surface area contributed by atoms with Gasteiger partial charge in [0.1, 0.15) is 5.60 Å². The lowest BCUT2D eigenvalue weighted by Crippen LogP contribution is -2.24. The zero-order chi connectivity index (χ0) is 20.0. The summed E-state index contributed by atoms with van der Waals surface area (Å²) in [4.78, 5) is 3.67. The fourth-order valence-electron chi connectivity index (χ4n) is 2.53. The number of alkyl halides is 3. The van der Waals surface area contributed by atoms with Crippen LogP contribution in [0, 0.1) is 0 Å². The molecular formula is C18H13Cl3F3NOS. The number of H-pyrrole nitrogens is 1. The number of nitrogens with one attached hydrogen (secondary N) is 1. The van der Waals surface area contributed by atoms with E-state index in [9.17, 15) is 18.3 Å². The Kier molecular flexibility index (Phi) is 5.67. The highest BCUT2D eigenvalue weighted by Crippen LogP contribution is 2.39. The Morgan fingerprint density at radius 3 is 2.33 bits per heavy atom. The summed E-state index contributed by atoms with van der Waals surface area (Å²) in [5, 5.41) is 11.7. The summed E-state index contributed by atoms with van der Waals surface area (Å²) in [6, 6.07) is 8.90. The number of aromatic nitrogens is 1. The number of fused-ring (bicyclic) bond motifs is 1. The first-order valence-corrected chi connectivity index (χ1v) is 9.79. The van der Waals surface area contributed by atoms with Gasteiger partial charge in [0, 0.05) is 27.2 Å². The molecule has 3 aromatic rings. The number of aromatic amines is 1. The van der Waals surface area contributed by atoms with Gasteiger partial charge in [0.25, 0.3) is 0 Å². The van der Waals surface area contributed by atoms with Gasteiger partial charge in [-0.05, 0) is 43.3 Å². The van der Waals surface area contributed by atoms with Gasteiger partial charge in [-0.1, -0.05) is 34.8 Å². The molecule has 0 bridgehead atoms. The first-order chi connectivity index (χ1) is 12.5. The van der Waals surface area contributed by atoms with E-state index in [4.69, 9.17) is 34.8 Å². The molecular weight excluding hydrogens is 442 g/mol. The number of thioether (sulfide) groups is 1. The van der Waals surface area contributed by atoms with Gasteiger partial charge < -0.3 is 10.1 Å². The topological polar surface area (TPSA) is 36.0 Å². The van der Waals surface area contributed by atoms with Gasteiger partial charge in [0.2, 0.25) is 0 Å². The second-order valence-electron chi connectivity index (χ2n) is 6.24. The van der Waals surface area contributed by atoms with E-state index >= 15 is 0 Å². The fraction of sp³-hybridized carbons (Fsp3) is 0.222. The second kappa shape index (κ2) is 7.41. The van der Waals surface area contributed by atoms with Gasteiger partial charge in [-0.3, -0.25) is 0 Å². The lowest BCUT2D eigenvalue weighted by Gasteiger charge is -2.21. The van der Waals surface area contributed by atoms with Crippen LogP contribution in [0.15, 0.2) is 41.3 Å². The zero-order valence-corrected chi connectivity index (χ0v) is 16.9. The van der Waals surface area contributed by atoms with Crippen LogP contribution in [0.2, 0.25) is 15.1 Å². The summed E-state index contributed by atoms with van der Waals surface area (Å²) < 4.78 is 39.0. The lowest BCUT2D eigenvalue weighted by molar-refractivity contribution is -0.137. The third-order valence-corrected chi connectivity index (χ3v) is 6.35. The highest BCUT2D eigenvalue weighted by atomic mass is 35.5. The minimum atomic E-state index is -4.55. The van der Waals surface area contributed by atoms with E-state index in [1.54, 1.807) is 31.2 Å². The third kappa shape index (κ3) is 4.51. The highest BCUT2D eigenvalue weighted by molar-refractivity contribution is 7.99. The van der Waals surface area contributed by atoms with Crippen molar-refractivity contribution in [2.24, 2.45) is 0 Å². The predicted octanol–water partition coefficient (Wildman–Crippen LogP) is 7.15. The maximum Gasteiger partial charge on any atom is 0.417 e. The molecule has 2 nitrogen and oxygen atoms in total. The largest absolute Gasteiger partial charge is 0.417 e. The Hall–Kier alpha value is -1.05. The number of hydrogen-bond acceptors (Lipinski definition) is 2. The Bertz CT molecular complexity index is 1000. The van der Waals surface area contributed by atoms with Crippen molar-refractivity contribution in [3.63, 3.8) is 0 Å². The maximum atomic E-state index is 13.0. The van der Waals surface area contributed by atoms with Crippen LogP contribution in [0.3, 0.4) is 0 Å². The smallest absolute Gasteiger partial charge is 0.383 e. The van der Waals surface area contributed by atoms with Crippen LogP contribution in [-0.2, 0) is 11.8 Å². The number of hydrogen-bond donors (Lipinski definition) is 2. The molecule has 1 atom stereocenters. The van der Waals surface area contributed by atoms with Crippen LogP contribution >= 0.6 is 46.6 Å². The monoisotopic (exact) mass is 453 g/mol. The fourth-order valence-corrected chi connectivity index (χ4v) is 4.14. The molecule has 0 saturated carbocycles. The van der Waals surface area contributed by atoms with Crippen LogP contribution in [0.4, 0.5) is 13.2 Å². The van der Waals surface area contributed by atoms with Crippen molar-refractivity contribution in [2.45, 2.75) is 23.6 Å². The summed E-state index contributed by atoms with van der Waals surface area (Å²) in [5.41, 5.74) is -1.60. The van der Waals surface area contributed by atoms with Crippen molar-refractivity contribution >= 4 is 57.5 Å². The molecule has 0 amide bonds. The summed E-state index contributed by atoms with van der Waals surface area (Å²) >= 11 is 19.0. The van der Waals surface area contributed by atoms with E-state index in [2.05, 4.69) is 4.98 Å². The minimum absolute atomic E-state index is 0.248. The Morgan fingerprint density at radius 2 is 1.70 bits per heavy atom. The molecule has 1 aromatic heterocycles. The molecule has 3 rings (SSSR count). The molecule has 144 valence electrons. The molecule has 1 unspecified atom stereocenters. The van der Waals surface area contributed by atoms with Crippen molar-refractivity contribution in [1.82, 2.24) is 4.98 Å². The lowest BCUT2D eigenvalue weighted by atomic mass is 10.1. The molecule has 27 heavy (non-hydrogen) atoms. The molecule has 0 spiro atoms. The van der Waals surface area contributed by atoms with Crippen LogP contribution in [0.5, 0.6) is 0 Å². The molecule has 2 N–H and O–H groups in total. The molecule has 2 aromatic carbocycles. The van der Waals surface area contributed by atoms with Gasteiger partial charge in [-0.25, -0.2) is 0 Å². The quantitative estimate of drug-likeness (QED) is 0.411. The van der Waals surface area contributed by atoms with Crippen molar-refractivity contribution in [1.29, 1.82) is 0 Å². The van der Waals surface area contributed by atoms with E-state index in [1.165, 1.54) is 17.8 Å². The SMILES string of the molecule is CC(O)(CSc1ccc(Cl)c(Cl)c1)c1cc2cc(Cl)c(C(F)(F)F)cc2[nH]1. The molecule has 9 heteroatoms. The molecule has 0 fully saturated rings. The molecule has 0 saturated heterocycles. The van der Waals surface area contributed by atoms with E-state index in [0.717, 1.165) is 11.0 Å². The van der Waals surface area contributed by atoms with Gasteiger partial charge in [0.05, 0.1) is 20.6 Å². The normalized spacial score (nSPS) is 14.5. The summed E-state index contributed by atoms with van der Waals surface area (Å²) in [5.74, 6) is 0.248.